The van der Waals surface area contributed by atoms with Crippen molar-refractivity contribution >= 4 is 17.7 Å². The molecule has 0 aromatic carbocycles. The molecule has 0 spiro atoms. The van der Waals surface area contributed by atoms with Crippen molar-refractivity contribution < 1.29 is 23.9 Å². The summed E-state index contributed by atoms with van der Waals surface area (Å²) in [5, 5.41) is 3.48. The summed E-state index contributed by atoms with van der Waals surface area (Å²) < 4.78 is 9.50. The molecule has 15 heavy (non-hydrogen) atoms. The smallest absolute Gasteiger partial charge is 0.357 e. The lowest BCUT2D eigenvalue weighted by Crippen LogP contribution is -2.32. The first-order chi connectivity index (χ1) is 7.20. The second-order valence-corrected chi connectivity index (χ2v) is 2.80. The van der Waals surface area contributed by atoms with E-state index in [1.54, 1.807) is 13.8 Å². The SMILES string of the molecule is CCOC(=O)C1=NOCC1C(=O)OCC. The van der Waals surface area contributed by atoms with Gasteiger partial charge in [-0.05, 0) is 13.8 Å². The van der Waals surface area contributed by atoms with Crippen LogP contribution >= 0.6 is 0 Å². The molecule has 1 atom stereocenters. The van der Waals surface area contributed by atoms with Gasteiger partial charge in [0, 0.05) is 0 Å². The van der Waals surface area contributed by atoms with E-state index in [1.807, 2.05) is 0 Å². The van der Waals surface area contributed by atoms with Gasteiger partial charge in [0.25, 0.3) is 0 Å². The van der Waals surface area contributed by atoms with Crippen LogP contribution in [0.25, 0.3) is 0 Å². The molecule has 1 rings (SSSR count). The number of rotatable bonds is 4. The summed E-state index contributed by atoms with van der Waals surface area (Å²) in [7, 11) is 0. The Balaban J connectivity index is 2.63. The highest BCUT2D eigenvalue weighted by Crippen LogP contribution is 2.13. The van der Waals surface area contributed by atoms with Crippen LogP contribution in [0.2, 0.25) is 0 Å². The molecule has 0 fully saturated rings. The molecule has 0 saturated heterocycles. The lowest BCUT2D eigenvalue weighted by molar-refractivity contribution is -0.147. The van der Waals surface area contributed by atoms with E-state index < -0.39 is 17.9 Å². The topological polar surface area (TPSA) is 74.2 Å². The molecule has 0 radical (unpaired) electrons. The molecule has 6 nitrogen and oxygen atoms in total. The molecular formula is C9H13NO5. The largest absolute Gasteiger partial charge is 0.465 e. The van der Waals surface area contributed by atoms with Crippen LogP contribution in [0.15, 0.2) is 5.16 Å². The lowest BCUT2D eigenvalue weighted by atomic mass is 10.1. The fraction of sp³-hybridized carbons (Fsp3) is 0.667. The van der Waals surface area contributed by atoms with Gasteiger partial charge in [-0.15, -0.1) is 0 Å². The highest BCUT2D eigenvalue weighted by atomic mass is 16.6. The fourth-order valence-corrected chi connectivity index (χ4v) is 1.13. The van der Waals surface area contributed by atoms with Crippen LogP contribution in [-0.4, -0.2) is 37.5 Å². The first-order valence-electron chi connectivity index (χ1n) is 4.74. The minimum absolute atomic E-state index is 0.0182. The van der Waals surface area contributed by atoms with E-state index in [1.165, 1.54) is 0 Å². The van der Waals surface area contributed by atoms with Gasteiger partial charge in [0.2, 0.25) is 0 Å². The van der Waals surface area contributed by atoms with Crippen LogP contribution in [0.4, 0.5) is 0 Å². The van der Waals surface area contributed by atoms with Crippen LogP contribution in [0.3, 0.4) is 0 Å². The molecule has 0 saturated carbocycles. The van der Waals surface area contributed by atoms with E-state index in [0.717, 1.165) is 0 Å². The van der Waals surface area contributed by atoms with Gasteiger partial charge in [0.05, 0.1) is 13.2 Å². The Morgan fingerprint density at radius 2 is 2.07 bits per heavy atom. The minimum atomic E-state index is -0.760. The third-order valence-electron chi connectivity index (χ3n) is 1.79. The predicted octanol–water partition coefficient (Wildman–Crippen LogP) is 0.115. The summed E-state index contributed by atoms with van der Waals surface area (Å²) in [6.07, 6.45) is 0. The minimum Gasteiger partial charge on any atom is -0.465 e. The molecule has 0 bridgehead atoms. The van der Waals surface area contributed by atoms with Crippen molar-refractivity contribution in [2.45, 2.75) is 13.8 Å². The van der Waals surface area contributed by atoms with Gasteiger partial charge in [-0.3, -0.25) is 4.79 Å². The Hall–Kier alpha value is -1.59. The zero-order chi connectivity index (χ0) is 11.3. The summed E-state index contributed by atoms with van der Waals surface area (Å²) in [6, 6.07) is 0. The van der Waals surface area contributed by atoms with E-state index in [2.05, 4.69) is 5.16 Å². The molecule has 0 aliphatic carbocycles. The highest BCUT2D eigenvalue weighted by molar-refractivity contribution is 6.40. The van der Waals surface area contributed by atoms with E-state index >= 15 is 0 Å². The van der Waals surface area contributed by atoms with Crippen molar-refractivity contribution in [1.82, 2.24) is 0 Å². The number of oxime groups is 1. The molecule has 1 aliphatic rings. The zero-order valence-corrected chi connectivity index (χ0v) is 8.69. The van der Waals surface area contributed by atoms with E-state index in [0.29, 0.717) is 0 Å². The van der Waals surface area contributed by atoms with Gasteiger partial charge in [0.1, 0.15) is 12.5 Å². The molecule has 0 aromatic rings. The second kappa shape index (κ2) is 5.33. The number of nitrogens with zero attached hydrogens (tertiary/aromatic N) is 1. The maximum atomic E-state index is 11.4. The zero-order valence-electron chi connectivity index (χ0n) is 8.69. The van der Waals surface area contributed by atoms with Gasteiger partial charge in [-0.25, -0.2) is 4.79 Å². The number of esters is 2. The van der Waals surface area contributed by atoms with Gasteiger partial charge >= 0.3 is 11.9 Å². The molecule has 0 N–H and O–H groups in total. The summed E-state index contributed by atoms with van der Waals surface area (Å²) in [5.74, 6) is -1.90. The third-order valence-corrected chi connectivity index (χ3v) is 1.79. The van der Waals surface area contributed by atoms with E-state index in [9.17, 15) is 9.59 Å². The van der Waals surface area contributed by atoms with Gasteiger partial charge in [-0.1, -0.05) is 5.16 Å². The Morgan fingerprint density at radius 3 is 2.67 bits per heavy atom. The Labute approximate surface area is 87.2 Å². The van der Waals surface area contributed by atoms with E-state index in [4.69, 9.17) is 14.3 Å². The average Bonchev–Trinajstić information content (AvgIpc) is 2.66. The monoisotopic (exact) mass is 215 g/mol. The summed E-state index contributed by atoms with van der Waals surface area (Å²) >= 11 is 0. The summed E-state index contributed by atoms with van der Waals surface area (Å²) in [4.78, 5) is 27.4. The quantitative estimate of drug-likeness (QED) is 0.622. The lowest BCUT2D eigenvalue weighted by Gasteiger charge is -2.08. The maximum absolute atomic E-state index is 11.4. The van der Waals surface area contributed by atoms with E-state index in [-0.39, 0.29) is 25.5 Å². The number of hydrogen-bond donors (Lipinski definition) is 0. The van der Waals surface area contributed by atoms with Crippen molar-refractivity contribution in [2.75, 3.05) is 19.8 Å². The third kappa shape index (κ3) is 2.68. The van der Waals surface area contributed by atoms with Crippen LogP contribution in [0.1, 0.15) is 13.8 Å². The molecular weight excluding hydrogens is 202 g/mol. The number of carbonyl (C=O) groups is 2. The molecule has 1 aliphatic heterocycles. The number of ether oxygens (including phenoxy) is 2. The Bertz CT molecular complexity index is 286. The first-order valence-corrected chi connectivity index (χ1v) is 4.74. The van der Waals surface area contributed by atoms with Crippen LogP contribution in [-0.2, 0) is 23.9 Å². The summed E-state index contributed by atoms with van der Waals surface area (Å²) in [6.45, 7) is 3.88. The van der Waals surface area contributed by atoms with Crippen LogP contribution in [0.5, 0.6) is 0 Å². The van der Waals surface area contributed by atoms with Crippen molar-refractivity contribution in [3.8, 4) is 0 Å². The van der Waals surface area contributed by atoms with Crippen molar-refractivity contribution in [3.05, 3.63) is 0 Å². The number of carbonyl (C=O) groups excluding carboxylic acids is 2. The first kappa shape index (κ1) is 11.5. The van der Waals surface area contributed by atoms with Crippen molar-refractivity contribution in [3.63, 3.8) is 0 Å². The molecule has 0 amide bonds. The molecule has 1 unspecified atom stereocenters. The highest BCUT2D eigenvalue weighted by Gasteiger charge is 2.37. The fourth-order valence-electron chi connectivity index (χ4n) is 1.13. The Morgan fingerprint density at radius 1 is 1.40 bits per heavy atom. The average molecular weight is 215 g/mol. The standard InChI is InChI=1S/C9H13NO5/c1-3-13-8(11)6-5-15-10-7(6)9(12)14-4-2/h6H,3-5H2,1-2H3. The van der Waals surface area contributed by atoms with Gasteiger partial charge in [0.15, 0.2) is 5.71 Å². The summed E-state index contributed by atoms with van der Waals surface area (Å²) in [5.41, 5.74) is -0.0182. The normalized spacial score (nSPS) is 19.1. The molecule has 0 aromatic heterocycles. The van der Waals surface area contributed by atoms with Gasteiger partial charge in [-0.2, -0.15) is 0 Å². The second-order valence-electron chi connectivity index (χ2n) is 2.80. The molecule has 1 heterocycles. The molecule has 6 heteroatoms. The molecule has 84 valence electrons. The number of hydrogen-bond acceptors (Lipinski definition) is 6. The van der Waals surface area contributed by atoms with Crippen molar-refractivity contribution in [2.24, 2.45) is 11.1 Å². The van der Waals surface area contributed by atoms with Crippen LogP contribution in [0, 0.1) is 5.92 Å². The van der Waals surface area contributed by atoms with Gasteiger partial charge < -0.3 is 14.3 Å². The predicted molar refractivity (Wildman–Crippen MR) is 50.1 cm³/mol. The van der Waals surface area contributed by atoms with Crippen LogP contribution < -0.4 is 0 Å². The van der Waals surface area contributed by atoms with Crippen molar-refractivity contribution in [1.29, 1.82) is 0 Å². The maximum Gasteiger partial charge on any atom is 0.357 e. The Kier molecular flexibility index (Phi) is 4.08.